The van der Waals surface area contributed by atoms with Gasteiger partial charge in [0, 0.05) is 17.3 Å². The molecule has 0 unspecified atom stereocenters. The van der Waals surface area contributed by atoms with Crippen LogP contribution in [0.1, 0.15) is 11.3 Å². The van der Waals surface area contributed by atoms with Crippen molar-refractivity contribution in [2.75, 3.05) is 0 Å². The van der Waals surface area contributed by atoms with E-state index in [0.717, 1.165) is 22.4 Å². The fraction of sp³-hybridized carbons (Fsp3) is 0.0909. The van der Waals surface area contributed by atoms with Crippen LogP contribution in [0.4, 0.5) is 0 Å². The molecule has 0 atom stereocenters. The van der Waals surface area contributed by atoms with E-state index in [-0.39, 0.29) is 0 Å². The van der Waals surface area contributed by atoms with E-state index in [9.17, 15) is 0 Å². The van der Waals surface area contributed by atoms with Gasteiger partial charge in [0.1, 0.15) is 12.0 Å². The number of hydrogen-bond donors (Lipinski definition) is 0. The molecule has 1 aromatic carbocycles. The largest absolute Gasteiger partial charge is 0.364 e. The van der Waals surface area contributed by atoms with E-state index < -0.39 is 0 Å². The third kappa shape index (κ3) is 0.988. The molecule has 2 heterocycles. The van der Waals surface area contributed by atoms with Gasteiger partial charge >= 0.3 is 0 Å². The van der Waals surface area contributed by atoms with Gasteiger partial charge in [0.05, 0.1) is 6.54 Å². The molecule has 0 spiro atoms. The maximum absolute atomic E-state index is 4.96. The highest BCUT2D eigenvalue weighted by Crippen LogP contribution is 2.28. The topological polar surface area (TPSA) is 38.4 Å². The first-order valence-corrected chi connectivity index (χ1v) is 4.47. The first-order chi connectivity index (χ1) is 6.95. The third-order valence-electron chi connectivity index (χ3n) is 2.37. The monoisotopic (exact) mass is 184 g/mol. The SMILES string of the molecule is C1=NCc2nocc2-c2ccccc21. The average Bonchev–Trinajstić information content (AvgIpc) is 2.61. The summed E-state index contributed by atoms with van der Waals surface area (Å²) >= 11 is 0. The lowest BCUT2D eigenvalue weighted by molar-refractivity contribution is 0.412. The predicted octanol–water partition coefficient (Wildman–Crippen LogP) is 2.27. The Morgan fingerprint density at radius 3 is 3.07 bits per heavy atom. The summed E-state index contributed by atoms with van der Waals surface area (Å²) < 4.78 is 4.96. The molecule has 0 saturated carbocycles. The molecule has 0 amide bonds. The Balaban J connectivity index is 2.34. The molecule has 2 aromatic rings. The van der Waals surface area contributed by atoms with Crippen molar-refractivity contribution in [1.82, 2.24) is 5.16 Å². The van der Waals surface area contributed by atoms with Crippen molar-refractivity contribution >= 4 is 6.21 Å². The van der Waals surface area contributed by atoms with Crippen LogP contribution in [0.3, 0.4) is 0 Å². The molecule has 0 N–H and O–H groups in total. The second-order valence-electron chi connectivity index (χ2n) is 3.23. The number of rotatable bonds is 0. The zero-order valence-corrected chi connectivity index (χ0v) is 7.47. The summed E-state index contributed by atoms with van der Waals surface area (Å²) in [5.74, 6) is 0. The fourth-order valence-corrected chi connectivity index (χ4v) is 1.68. The summed E-state index contributed by atoms with van der Waals surface area (Å²) in [6, 6.07) is 8.11. The van der Waals surface area contributed by atoms with Crippen LogP contribution in [-0.2, 0) is 6.54 Å². The van der Waals surface area contributed by atoms with Crippen molar-refractivity contribution in [1.29, 1.82) is 0 Å². The van der Waals surface area contributed by atoms with Crippen LogP contribution < -0.4 is 0 Å². The van der Waals surface area contributed by atoms with Gasteiger partial charge in [-0.3, -0.25) is 4.99 Å². The lowest BCUT2D eigenvalue weighted by Gasteiger charge is -1.99. The van der Waals surface area contributed by atoms with E-state index in [1.165, 1.54) is 0 Å². The van der Waals surface area contributed by atoms with Gasteiger partial charge in [0.2, 0.25) is 0 Å². The van der Waals surface area contributed by atoms with Crippen LogP contribution in [-0.4, -0.2) is 11.4 Å². The molecule has 1 aliphatic heterocycles. The van der Waals surface area contributed by atoms with Gasteiger partial charge in [-0.05, 0) is 5.56 Å². The van der Waals surface area contributed by atoms with Crippen molar-refractivity contribution in [3.8, 4) is 11.1 Å². The number of nitrogens with zero attached hydrogens (tertiary/aromatic N) is 2. The van der Waals surface area contributed by atoms with E-state index >= 15 is 0 Å². The maximum Gasteiger partial charge on any atom is 0.132 e. The van der Waals surface area contributed by atoms with Gasteiger partial charge in [0.25, 0.3) is 0 Å². The summed E-state index contributed by atoms with van der Waals surface area (Å²) in [4.78, 5) is 4.28. The van der Waals surface area contributed by atoms with Crippen LogP contribution in [0.2, 0.25) is 0 Å². The van der Waals surface area contributed by atoms with Crippen LogP contribution in [0.15, 0.2) is 40.0 Å². The minimum Gasteiger partial charge on any atom is -0.364 e. The Bertz CT molecular complexity index is 499. The van der Waals surface area contributed by atoms with Crippen LogP contribution in [0, 0.1) is 0 Å². The smallest absolute Gasteiger partial charge is 0.132 e. The van der Waals surface area contributed by atoms with Crippen LogP contribution in [0.5, 0.6) is 0 Å². The molecular weight excluding hydrogens is 176 g/mol. The normalized spacial score (nSPS) is 13.1. The minimum atomic E-state index is 0.598. The number of benzene rings is 1. The summed E-state index contributed by atoms with van der Waals surface area (Å²) in [5, 5.41) is 3.93. The molecule has 0 saturated heterocycles. The number of aromatic nitrogens is 1. The van der Waals surface area contributed by atoms with Crippen LogP contribution >= 0.6 is 0 Å². The first-order valence-electron chi connectivity index (χ1n) is 4.47. The Hall–Kier alpha value is -1.90. The van der Waals surface area contributed by atoms with Crippen molar-refractivity contribution < 1.29 is 4.52 Å². The van der Waals surface area contributed by atoms with Crippen molar-refractivity contribution in [3.05, 3.63) is 41.8 Å². The molecule has 3 heteroatoms. The third-order valence-corrected chi connectivity index (χ3v) is 2.37. The zero-order chi connectivity index (χ0) is 9.38. The molecular formula is C11H8N2O. The van der Waals surface area contributed by atoms with Crippen molar-refractivity contribution in [2.45, 2.75) is 6.54 Å². The highest BCUT2D eigenvalue weighted by molar-refractivity contribution is 5.91. The molecule has 0 fully saturated rings. The molecule has 1 aromatic heterocycles. The average molecular weight is 184 g/mol. The molecule has 68 valence electrons. The number of aliphatic imine (C=N–C) groups is 1. The first kappa shape index (κ1) is 7.50. The highest BCUT2D eigenvalue weighted by atomic mass is 16.5. The van der Waals surface area contributed by atoms with Gasteiger partial charge < -0.3 is 4.52 Å². The van der Waals surface area contributed by atoms with Gasteiger partial charge in [-0.25, -0.2) is 0 Å². The number of hydrogen-bond acceptors (Lipinski definition) is 3. The van der Waals surface area contributed by atoms with Crippen molar-refractivity contribution in [2.24, 2.45) is 4.99 Å². The highest BCUT2D eigenvalue weighted by Gasteiger charge is 2.14. The molecule has 0 aliphatic carbocycles. The standard InChI is InChI=1S/C11H8N2O/c1-2-4-9-8(3-1)5-12-6-11-10(9)7-14-13-11/h1-5,7H,6H2. The number of fused-ring (bicyclic) bond motifs is 3. The lowest BCUT2D eigenvalue weighted by atomic mass is 10.0. The van der Waals surface area contributed by atoms with Crippen molar-refractivity contribution in [3.63, 3.8) is 0 Å². The quantitative estimate of drug-likeness (QED) is 0.630. The molecule has 1 aliphatic rings. The maximum atomic E-state index is 4.96. The molecule has 3 nitrogen and oxygen atoms in total. The van der Waals surface area contributed by atoms with Gasteiger partial charge in [-0.15, -0.1) is 0 Å². The second-order valence-corrected chi connectivity index (χ2v) is 3.23. The van der Waals surface area contributed by atoms with Crippen LogP contribution in [0.25, 0.3) is 11.1 Å². The summed E-state index contributed by atoms with van der Waals surface area (Å²) in [5.41, 5.74) is 4.23. The van der Waals surface area contributed by atoms with Gasteiger partial charge in [0.15, 0.2) is 0 Å². The zero-order valence-electron chi connectivity index (χ0n) is 7.47. The summed E-state index contributed by atoms with van der Waals surface area (Å²) in [6.45, 7) is 0.598. The Morgan fingerprint density at radius 1 is 1.14 bits per heavy atom. The van der Waals surface area contributed by atoms with E-state index in [0.29, 0.717) is 6.54 Å². The molecule has 0 radical (unpaired) electrons. The van der Waals surface area contributed by atoms with E-state index in [2.05, 4.69) is 16.2 Å². The van der Waals surface area contributed by atoms with E-state index in [4.69, 9.17) is 4.52 Å². The predicted molar refractivity (Wildman–Crippen MR) is 53.2 cm³/mol. The molecule has 14 heavy (non-hydrogen) atoms. The summed E-state index contributed by atoms with van der Waals surface area (Å²) in [7, 11) is 0. The second kappa shape index (κ2) is 2.80. The lowest BCUT2D eigenvalue weighted by Crippen LogP contribution is -1.85. The summed E-state index contributed by atoms with van der Waals surface area (Å²) in [6.07, 6.45) is 3.57. The van der Waals surface area contributed by atoms with Gasteiger partial charge in [-0.2, -0.15) is 0 Å². The Kier molecular flexibility index (Phi) is 1.50. The van der Waals surface area contributed by atoms with E-state index in [1.807, 2.05) is 24.4 Å². The minimum absolute atomic E-state index is 0.598. The Morgan fingerprint density at radius 2 is 2.07 bits per heavy atom. The van der Waals surface area contributed by atoms with Gasteiger partial charge in [-0.1, -0.05) is 29.4 Å². The fourth-order valence-electron chi connectivity index (χ4n) is 1.68. The van der Waals surface area contributed by atoms with E-state index in [1.54, 1.807) is 6.26 Å². The Labute approximate surface area is 81.1 Å². The molecule has 3 rings (SSSR count). The molecule has 0 bridgehead atoms.